The lowest BCUT2D eigenvalue weighted by Gasteiger charge is -1.97. The van der Waals surface area contributed by atoms with Crippen LogP contribution in [0.25, 0.3) is 0 Å². The van der Waals surface area contributed by atoms with Crippen molar-refractivity contribution in [3.8, 4) is 6.07 Å². The predicted molar refractivity (Wildman–Crippen MR) is 43.5 cm³/mol. The van der Waals surface area contributed by atoms with Gasteiger partial charge in [0.25, 0.3) is 0 Å². The lowest BCUT2D eigenvalue weighted by molar-refractivity contribution is 0.243. The Morgan fingerprint density at radius 1 is 1.36 bits per heavy atom. The van der Waals surface area contributed by atoms with Gasteiger partial charge < -0.3 is 9.05 Å². The molecule has 0 amide bonds. The van der Waals surface area contributed by atoms with E-state index in [2.05, 4.69) is 9.05 Å². The standard InChI is InChI=1S/C4H11O3P.C2H3N/c1-3-6-8(5)7-4-2;1-2-3/h8H,3-4H2,1-2H3;1H3. The average molecular weight is 179 g/mol. The van der Waals surface area contributed by atoms with Crippen LogP contribution in [0, 0.1) is 11.3 Å². The first-order valence-electron chi connectivity index (χ1n) is 3.33. The average Bonchev–Trinajstić information content (AvgIpc) is 1.90. The Morgan fingerprint density at radius 2 is 1.64 bits per heavy atom. The van der Waals surface area contributed by atoms with Crippen molar-refractivity contribution in [3.05, 3.63) is 0 Å². The van der Waals surface area contributed by atoms with Crippen LogP contribution in [0.1, 0.15) is 20.8 Å². The second kappa shape index (κ2) is 12.3. The minimum atomic E-state index is -2.14. The van der Waals surface area contributed by atoms with Gasteiger partial charge in [-0.15, -0.1) is 0 Å². The van der Waals surface area contributed by atoms with Crippen LogP contribution >= 0.6 is 8.25 Å². The van der Waals surface area contributed by atoms with Crippen molar-refractivity contribution in [2.24, 2.45) is 0 Å². The summed E-state index contributed by atoms with van der Waals surface area (Å²) in [4.78, 5) is 0. The van der Waals surface area contributed by atoms with Gasteiger partial charge >= 0.3 is 8.25 Å². The van der Waals surface area contributed by atoms with Gasteiger partial charge in [0.05, 0.1) is 19.3 Å². The van der Waals surface area contributed by atoms with Crippen LogP contribution in [0.15, 0.2) is 0 Å². The molecule has 0 aromatic rings. The quantitative estimate of drug-likeness (QED) is 0.619. The molecular weight excluding hydrogens is 165 g/mol. The lowest BCUT2D eigenvalue weighted by Crippen LogP contribution is -1.81. The summed E-state index contributed by atoms with van der Waals surface area (Å²) in [5.41, 5.74) is 0. The van der Waals surface area contributed by atoms with E-state index in [9.17, 15) is 4.57 Å². The Kier molecular flexibility index (Phi) is 14.8. The Morgan fingerprint density at radius 3 is 1.82 bits per heavy atom. The second-order valence-corrected chi connectivity index (χ2v) is 2.42. The van der Waals surface area contributed by atoms with E-state index in [1.165, 1.54) is 6.92 Å². The molecule has 0 aliphatic rings. The van der Waals surface area contributed by atoms with E-state index in [-0.39, 0.29) is 0 Å². The third-order valence-electron chi connectivity index (χ3n) is 0.524. The van der Waals surface area contributed by atoms with Crippen molar-refractivity contribution in [2.75, 3.05) is 13.2 Å². The maximum Gasteiger partial charge on any atom is 0.319 e. The van der Waals surface area contributed by atoms with Crippen molar-refractivity contribution in [2.45, 2.75) is 20.8 Å². The third-order valence-corrected chi connectivity index (χ3v) is 1.57. The molecule has 0 N–H and O–H groups in total. The fraction of sp³-hybridized carbons (Fsp3) is 0.833. The zero-order chi connectivity index (χ0) is 9.11. The van der Waals surface area contributed by atoms with Gasteiger partial charge in [-0.05, 0) is 13.8 Å². The molecule has 0 aromatic carbocycles. The third kappa shape index (κ3) is 17.7. The summed E-state index contributed by atoms with van der Waals surface area (Å²) in [6.45, 7) is 5.90. The van der Waals surface area contributed by atoms with Gasteiger partial charge in [0.2, 0.25) is 0 Å². The van der Waals surface area contributed by atoms with Gasteiger partial charge in [0.15, 0.2) is 0 Å². The van der Waals surface area contributed by atoms with E-state index in [0.29, 0.717) is 13.2 Å². The summed E-state index contributed by atoms with van der Waals surface area (Å²) in [7, 11) is -2.14. The van der Waals surface area contributed by atoms with Crippen molar-refractivity contribution >= 4 is 8.25 Å². The second-order valence-electron chi connectivity index (χ2n) is 1.34. The highest BCUT2D eigenvalue weighted by Gasteiger charge is 1.91. The first kappa shape index (κ1) is 13.2. The van der Waals surface area contributed by atoms with Gasteiger partial charge in [-0.2, -0.15) is 5.26 Å². The smallest absolute Gasteiger partial charge is 0.311 e. The van der Waals surface area contributed by atoms with Crippen LogP contribution in [0.2, 0.25) is 0 Å². The zero-order valence-corrected chi connectivity index (χ0v) is 8.09. The summed E-state index contributed by atoms with van der Waals surface area (Å²) in [6.07, 6.45) is 0. The highest BCUT2D eigenvalue weighted by molar-refractivity contribution is 7.33. The molecule has 0 unspecified atom stereocenters. The number of hydrogen-bond acceptors (Lipinski definition) is 4. The highest BCUT2D eigenvalue weighted by atomic mass is 31.1. The fourth-order valence-corrected chi connectivity index (χ4v) is 0.832. The molecule has 0 spiro atoms. The van der Waals surface area contributed by atoms with Crippen molar-refractivity contribution < 1.29 is 13.6 Å². The SMILES string of the molecule is CC#N.CCO[PH](=O)OCC. The van der Waals surface area contributed by atoms with Crippen LogP contribution in [0.3, 0.4) is 0 Å². The molecular formula is C6H14NO3P. The van der Waals surface area contributed by atoms with Crippen molar-refractivity contribution in [3.63, 3.8) is 0 Å². The molecule has 0 bridgehead atoms. The summed E-state index contributed by atoms with van der Waals surface area (Å²) in [6, 6.07) is 1.75. The van der Waals surface area contributed by atoms with Crippen molar-refractivity contribution in [1.29, 1.82) is 5.26 Å². The molecule has 0 saturated heterocycles. The van der Waals surface area contributed by atoms with E-state index < -0.39 is 8.25 Å². The summed E-state index contributed by atoms with van der Waals surface area (Å²) in [5.74, 6) is 0. The zero-order valence-electron chi connectivity index (χ0n) is 7.09. The topological polar surface area (TPSA) is 59.3 Å². The molecule has 11 heavy (non-hydrogen) atoms. The van der Waals surface area contributed by atoms with Gasteiger partial charge in [-0.3, -0.25) is 4.57 Å². The van der Waals surface area contributed by atoms with Gasteiger partial charge in [-0.25, -0.2) is 0 Å². The van der Waals surface area contributed by atoms with Gasteiger partial charge in [0, 0.05) is 6.92 Å². The number of nitriles is 1. The van der Waals surface area contributed by atoms with E-state index in [4.69, 9.17) is 5.26 Å². The lowest BCUT2D eigenvalue weighted by atomic mass is 10.9. The molecule has 66 valence electrons. The molecule has 4 nitrogen and oxygen atoms in total. The van der Waals surface area contributed by atoms with E-state index >= 15 is 0 Å². The summed E-state index contributed by atoms with van der Waals surface area (Å²) < 4.78 is 19.6. The van der Waals surface area contributed by atoms with Gasteiger partial charge in [-0.1, -0.05) is 0 Å². The molecule has 0 radical (unpaired) electrons. The summed E-state index contributed by atoms with van der Waals surface area (Å²) in [5, 5.41) is 7.32. The fourth-order valence-electron chi connectivity index (χ4n) is 0.277. The van der Waals surface area contributed by atoms with Gasteiger partial charge in [0.1, 0.15) is 0 Å². The first-order chi connectivity index (χ1) is 5.22. The van der Waals surface area contributed by atoms with E-state index in [0.717, 1.165) is 0 Å². The van der Waals surface area contributed by atoms with Crippen LogP contribution in [-0.2, 0) is 13.6 Å². The monoisotopic (exact) mass is 179 g/mol. The molecule has 0 saturated carbocycles. The Bertz CT molecular complexity index is 124. The molecule has 5 heteroatoms. The van der Waals surface area contributed by atoms with Crippen LogP contribution in [0.4, 0.5) is 0 Å². The predicted octanol–water partition coefficient (Wildman–Crippen LogP) is 1.98. The van der Waals surface area contributed by atoms with Crippen molar-refractivity contribution in [1.82, 2.24) is 0 Å². The van der Waals surface area contributed by atoms with E-state index in [1.807, 2.05) is 0 Å². The Hall–Kier alpha value is -0.360. The van der Waals surface area contributed by atoms with E-state index in [1.54, 1.807) is 19.9 Å². The largest absolute Gasteiger partial charge is 0.319 e. The first-order valence-corrected chi connectivity index (χ1v) is 4.55. The molecule has 0 fully saturated rings. The molecule has 0 aliphatic heterocycles. The molecule has 0 atom stereocenters. The molecule has 0 rings (SSSR count). The normalized spacial score (nSPS) is 8.27. The van der Waals surface area contributed by atoms with Crippen LogP contribution in [-0.4, -0.2) is 13.2 Å². The number of rotatable bonds is 4. The Labute approximate surface area is 68.1 Å². The summed E-state index contributed by atoms with van der Waals surface area (Å²) >= 11 is 0. The Balaban J connectivity index is 0. The maximum absolute atomic E-state index is 10.4. The minimum Gasteiger partial charge on any atom is -0.311 e. The van der Waals surface area contributed by atoms with Crippen LogP contribution < -0.4 is 0 Å². The molecule has 0 aromatic heterocycles. The number of hydrogen-bond donors (Lipinski definition) is 0. The van der Waals surface area contributed by atoms with Crippen LogP contribution in [0.5, 0.6) is 0 Å². The minimum absolute atomic E-state index is 0.456. The molecule has 0 heterocycles. The molecule has 0 aliphatic carbocycles. The number of nitrogens with zero attached hydrogens (tertiary/aromatic N) is 1. The highest BCUT2D eigenvalue weighted by Crippen LogP contribution is 2.21. The maximum atomic E-state index is 10.4.